The molecule has 0 aliphatic carbocycles. The van der Waals surface area contributed by atoms with Crippen molar-refractivity contribution in [1.82, 2.24) is 4.72 Å². The Kier molecular flexibility index (Phi) is 3.70. The van der Waals surface area contributed by atoms with Crippen molar-refractivity contribution in [2.24, 2.45) is 0 Å². The molecule has 1 saturated heterocycles. The maximum atomic E-state index is 11.6. The van der Waals surface area contributed by atoms with Gasteiger partial charge in [-0.2, -0.15) is 0 Å². The maximum absolute atomic E-state index is 11.6. The summed E-state index contributed by atoms with van der Waals surface area (Å²) in [6.45, 7) is 4.73. The second-order valence-electron chi connectivity index (χ2n) is 3.46. The molecule has 78 valence electrons. The van der Waals surface area contributed by atoms with Crippen LogP contribution in [0.5, 0.6) is 0 Å². The Hall–Kier alpha value is -0.130. The average Bonchev–Trinajstić information content (AvgIpc) is 2.55. The minimum absolute atomic E-state index is 0.0191. The summed E-state index contributed by atoms with van der Waals surface area (Å²) in [6.07, 6.45) is 1.43. The van der Waals surface area contributed by atoms with Crippen LogP contribution in [0, 0.1) is 0 Å². The predicted octanol–water partition coefficient (Wildman–Crippen LogP) is 0.493. The Bertz CT molecular complexity index is 244. The van der Waals surface area contributed by atoms with Crippen molar-refractivity contribution in [3.8, 4) is 0 Å². The Balaban J connectivity index is 2.54. The molecule has 1 aliphatic heterocycles. The highest BCUT2D eigenvalue weighted by molar-refractivity contribution is 7.90. The van der Waals surface area contributed by atoms with Gasteiger partial charge in [0.15, 0.2) is 0 Å². The Morgan fingerprint density at radius 3 is 2.77 bits per heavy atom. The minimum atomic E-state index is -3.15. The van der Waals surface area contributed by atoms with Crippen molar-refractivity contribution < 1.29 is 13.2 Å². The van der Waals surface area contributed by atoms with Crippen molar-refractivity contribution in [3.05, 3.63) is 0 Å². The van der Waals surface area contributed by atoms with Crippen LogP contribution >= 0.6 is 0 Å². The number of ether oxygens (including phenoxy) is 1. The first kappa shape index (κ1) is 10.9. The molecule has 0 aromatic heterocycles. The van der Waals surface area contributed by atoms with Crippen LogP contribution in [-0.2, 0) is 14.8 Å². The molecule has 0 saturated carbocycles. The third-order valence-corrected chi connectivity index (χ3v) is 4.28. The van der Waals surface area contributed by atoms with Crippen LogP contribution in [0.25, 0.3) is 0 Å². The van der Waals surface area contributed by atoms with Crippen molar-refractivity contribution >= 4 is 10.0 Å². The Morgan fingerprint density at radius 2 is 2.31 bits per heavy atom. The molecule has 0 radical (unpaired) electrons. The summed E-state index contributed by atoms with van der Waals surface area (Å²) in [5.41, 5.74) is 0. The first-order chi connectivity index (χ1) is 6.06. The van der Waals surface area contributed by atoms with Crippen LogP contribution in [-0.4, -0.2) is 32.9 Å². The molecule has 0 spiro atoms. The van der Waals surface area contributed by atoms with Gasteiger partial charge in [-0.15, -0.1) is 0 Å². The van der Waals surface area contributed by atoms with Crippen LogP contribution in [0.15, 0.2) is 0 Å². The topological polar surface area (TPSA) is 55.4 Å². The highest BCUT2D eigenvalue weighted by Gasteiger charge is 2.29. The molecule has 1 rings (SSSR count). The zero-order valence-corrected chi connectivity index (χ0v) is 8.93. The van der Waals surface area contributed by atoms with Crippen LogP contribution in [0.4, 0.5) is 0 Å². The molecule has 1 aliphatic rings. The standard InChI is InChI=1S/C8H17NO3S/c1-3-7(2)9-13(10,11)8-4-5-12-6-8/h7-9H,3-6H2,1-2H3/t7-,8-/m0/s1. The monoisotopic (exact) mass is 207 g/mol. The van der Waals surface area contributed by atoms with E-state index >= 15 is 0 Å². The highest BCUT2D eigenvalue weighted by Crippen LogP contribution is 2.13. The zero-order valence-electron chi connectivity index (χ0n) is 8.12. The van der Waals surface area contributed by atoms with E-state index in [2.05, 4.69) is 4.72 Å². The summed E-state index contributed by atoms with van der Waals surface area (Å²) in [7, 11) is -3.15. The molecule has 0 aromatic carbocycles. The zero-order chi connectivity index (χ0) is 9.90. The lowest BCUT2D eigenvalue weighted by molar-refractivity contribution is 0.198. The Morgan fingerprint density at radius 1 is 1.62 bits per heavy atom. The Labute approximate surface area is 79.7 Å². The second kappa shape index (κ2) is 4.39. The van der Waals surface area contributed by atoms with Gasteiger partial charge in [0.1, 0.15) is 5.25 Å². The third kappa shape index (κ3) is 2.93. The summed E-state index contributed by atoms with van der Waals surface area (Å²) < 4.78 is 30.9. The number of nitrogens with one attached hydrogen (secondary N) is 1. The molecule has 1 heterocycles. The molecule has 0 bridgehead atoms. The minimum Gasteiger partial charge on any atom is -0.380 e. The van der Waals surface area contributed by atoms with E-state index < -0.39 is 10.0 Å². The van der Waals surface area contributed by atoms with Crippen molar-refractivity contribution in [3.63, 3.8) is 0 Å². The largest absolute Gasteiger partial charge is 0.380 e. The number of rotatable bonds is 4. The molecule has 0 amide bonds. The molecule has 0 aromatic rings. The fourth-order valence-corrected chi connectivity index (χ4v) is 2.82. The summed E-state index contributed by atoms with van der Waals surface area (Å²) >= 11 is 0. The van der Waals surface area contributed by atoms with Gasteiger partial charge < -0.3 is 4.74 Å². The quantitative estimate of drug-likeness (QED) is 0.730. The van der Waals surface area contributed by atoms with Gasteiger partial charge in [-0.3, -0.25) is 0 Å². The van der Waals surface area contributed by atoms with Gasteiger partial charge in [-0.25, -0.2) is 13.1 Å². The molecule has 13 heavy (non-hydrogen) atoms. The molecular formula is C8H17NO3S. The molecule has 1 N–H and O–H groups in total. The van der Waals surface area contributed by atoms with Gasteiger partial charge in [0.05, 0.1) is 6.61 Å². The summed E-state index contributed by atoms with van der Waals surface area (Å²) in [5.74, 6) is 0. The van der Waals surface area contributed by atoms with E-state index in [1.165, 1.54) is 0 Å². The van der Waals surface area contributed by atoms with Gasteiger partial charge >= 0.3 is 0 Å². The van der Waals surface area contributed by atoms with Crippen molar-refractivity contribution in [2.45, 2.75) is 38.0 Å². The van der Waals surface area contributed by atoms with Gasteiger partial charge in [0.2, 0.25) is 10.0 Å². The average molecular weight is 207 g/mol. The molecule has 5 heteroatoms. The van der Waals surface area contributed by atoms with Crippen LogP contribution in [0.2, 0.25) is 0 Å². The van der Waals surface area contributed by atoms with Gasteiger partial charge in [0.25, 0.3) is 0 Å². The van der Waals surface area contributed by atoms with E-state index in [1.807, 2.05) is 13.8 Å². The van der Waals surface area contributed by atoms with Crippen LogP contribution < -0.4 is 4.72 Å². The smallest absolute Gasteiger partial charge is 0.217 e. The van der Waals surface area contributed by atoms with Crippen molar-refractivity contribution in [1.29, 1.82) is 0 Å². The van der Waals surface area contributed by atoms with Gasteiger partial charge in [0, 0.05) is 12.6 Å². The molecule has 0 unspecified atom stereocenters. The molecule has 1 fully saturated rings. The normalized spacial score (nSPS) is 26.2. The van der Waals surface area contributed by atoms with Gasteiger partial charge in [-0.05, 0) is 19.8 Å². The second-order valence-corrected chi connectivity index (χ2v) is 5.45. The van der Waals surface area contributed by atoms with Crippen LogP contribution in [0.1, 0.15) is 26.7 Å². The van der Waals surface area contributed by atoms with E-state index in [0.717, 1.165) is 6.42 Å². The molecule has 2 atom stereocenters. The van der Waals surface area contributed by atoms with Crippen LogP contribution in [0.3, 0.4) is 0 Å². The fraction of sp³-hybridized carbons (Fsp3) is 1.00. The summed E-state index contributed by atoms with van der Waals surface area (Å²) in [6, 6.07) is 0.0191. The number of hydrogen-bond acceptors (Lipinski definition) is 3. The lowest BCUT2D eigenvalue weighted by Crippen LogP contribution is -2.39. The first-order valence-corrected chi connectivity index (χ1v) is 6.19. The molecular weight excluding hydrogens is 190 g/mol. The van der Waals surface area contributed by atoms with E-state index in [-0.39, 0.29) is 11.3 Å². The van der Waals surface area contributed by atoms with E-state index in [0.29, 0.717) is 19.6 Å². The molecule has 4 nitrogen and oxygen atoms in total. The number of hydrogen-bond donors (Lipinski definition) is 1. The van der Waals surface area contributed by atoms with E-state index in [9.17, 15) is 8.42 Å². The lowest BCUT2D eigenvalue weighted by atomic mass is 10.3. The first-order valence-electron chi connectivity index (χ1n) is 4.65. The van der Waals surface area contributed by atoms with Crippen molar-refractivity contribution in [2.75, 3.05) is 13.2 Å². The number of sulfonamides is 1. The summed E-state index contributed by atoms with van der Waals surface area (Å²) in [4.78, 5) is 0. The highest BCUT2D eigenvalue weighted by atomic mass is 32.2. The fourth-order valence-electron chi connectivity index (χ4n) is 1.22. The van der Waals surface area contributed by atoms with Gasteiger partial charge in [-0.1, -0.05) is 6.92 Å². The predicted molar refractivity (Wildman–Crippen MR) is 51.0 cm³/mol. The summed E-state index contributed by atoms with van der Waals surface area (Å²) in [5, 5.41) is -0.346. The lowest BCUT2D eigenvalue weighted by Gasteiger charge is -2.15. The third-order valence-electron chi connectivity index (χ3n) is 2.30. The SMILES string of the molecule is CC[C@H](C)NS(=O)(=O)[C@H]1CCOC1. The van der Waals surface area contributed by atoms with E-state index in [4.69, 9.17) is 4.74 Å². The van der Waals surface area contributed by atoms with E-state index in [1.54, 1.807) is 0 Å². The maximum Gasteiger partial charge on any atom is 0.217 e.